The van der Waals surface area contributed by atoms with E-state index in [0.717, 1.165) is 42.8 Å². The number of pyridine rings is 1. The van der Waals surface area contributed by atoms with E-state index in [2.05, 4.69) is 32.9 Å². The summed E-state index contributed by atoms with van der Waals surface area (Å²) in [6.45, 7) is 1.74. The molecule has 7 heteroatoms. The standard InChI is InChI=1S/C26H23N5O2/c1-3-17-5-4-6-20(11-17)30-26-19(15-27)16-29-22-14-24(33-2)23(13-21(22)26)31-25(32)12-18-7-9-28-10-8-18/h1,4-6,11-14,16,28H,7-10H2,2H3,(H,29,30)(H,31,32). The van der Waals surface area contributed by atoms with Crippen LogP contribution in [0.1, 0.15) is 24.0 Å². The van der Waals surface area contributed by atoms with Crippen molar-refractivity contribution in [1.82, 2.24) is 10.3 Å². The first-order valence-electron chi connectivity index (χ1n) is 10.6. The van der Waals surface area contributed by atoms with Gasteiger partial charge < -0.3 is 20.7 Å². The molecule has 0 atom stereocenters. The third kappa shape index (κ3) is 4.95. The summed E-state index contributed by atoms with van der Waals surface area (Å²) in [5, 5.41) is 19.8. The number of nitrogens with zero attached hydrogens (tertiary/aromatic N) is 2. The molecular weight excluding hydrogens is 414 g/mol. The van der Waals surface area contributed by atoms with Crippen LogP contribution in [-0.2, 0) is 4.79 Å². The molecule has 33 heavy (non-hydrogen) atoms. The number of hydrogen-bond donors (Lipinski definition) is 3. The molecule has 3 aromatic rings. The predicted octanol–water partition coefficient (Wildman–Crippen LogP) is 4.09. The molecule has 1 amide bonds. The van der Waals surface area contributed by atoms with Crippen LogP contribution < -0.4 is 20.7 Å². The molecule has 0 unspecified atom stereocenters. The number of hydrogen-bond acceptors (Lipinski definition) is 6. The molecule has 1 saturated heterocycles. The van der Waals surface area contributed by atoms with E-state index in [-0.39, 0.29) is 5.91 Å². The average Bonchev–Trinajstić information content (AvgIpc) is 2.84. The van der Waals surface area contributed by atoms with Gasteiger partial charge in [-0.2, -0.15) is 5.26 Å². The van der Waals surface area contributed by atoms with Crippen LogP contribution in [0.25, 0.3) is 10.9 Å². The summed E-state index contributed by atoms with van der Waals surface area (Å²) in [5.41, 5.74) is 4.63. The minimum absolute atomic E-state index is 0.217. The van der Waals surface area contributed by atoms with Crippen LogP contribution >= 0.6 is 0 Å². The van der Waals surface area contributed by atoms with Gasteiger partial charge in [-0.25, -0.2) is 0 Å². The first-order valence-corrected chi connectivity index (χ1v) is 10.6. The van der Waals surface area contributed by atoms with E-state index >= 15 is 0 Å². The molecule has 7 nitrogen and oxygen atoms in total. The number of nitrogens with one attached hydrogen (secondary N) is 3. The molecule has 2 aromatic carbocycles. The Morgan fingerprint density at radius 2 is 2.09 bits per heavy atom. The van der Waals surface area contributed by atoms with Crippen LogP contribution in [0.3, 0.4) is 0 Å². The highest BCUT2D eigenvalue weighted by atomic mass is 16.5. The molecule has 0 bridgehead atoms. The summed E-state index contributed by atoms with van der Waals surface area (Å²) in [6.07, 6.45) is 10.4. The largest absolute Gasteiger partial charge is 0.494 e. The van der Waals surface area contributed by atoms with Gasteiger partial charge in [0.1, 0.15) is 11.8 Å². The maximum atomic E-state index is 12.7. The Bertz CT molecular complexity index is 1320. The number of anilines is 3. The summed E-state index contributed by atoms with van der Waals surface area (Å²) in [5.74, 6) is 2.87. The van der Waals surface area contributed by atoms with Gasteiger partial charge in [0.05, 0.1) is 29.6 Å². The summed E-state index contributed by atoms with van der Waals surface area (Å²) in [7, 11) is 1.54. The van der Waals surface area contributed by atoms with Crippen molar-refractivity contribution in [3.8, 4) is 24.2 Å². The summed E-state index contributed by atoms with van der Waals surface area (Å²) >= 11 is 0. The number of aromatic nitrogens is 1. The number of ether oxygens (including phenoxy) is 1. The number of piperidine rings is 1. The zero-order valence-electron chi connectivity index (χ0n) is 18.2. The molecule has 0 saturated carbocycles. The first-order chi connectivity index (χ1) is 16.1. The first kappa shape index (κ1) is 21.9. The molecule has 1 fully saturated rings. The number of terminal acetylenes is 1. The highest BCUT2D eigenvalue weighted by Gasteiger charge is 2.15. The molecule has 0 radical (unpaired) electrons. The Morgan fingerprint density at radius 1 is 1.27 bits per heavy atom. The topological polar surface area (TPSA) is 99.1 Å². The molecule has 2 heterocycles. The molecule has 0 aliphatic carbocycles. The van der Waals surface area contributed by atoms with Crippen LogP contribution in [0, 0.1) is 23.7 Å². The van der Waals surface area contributed by atoms with Crippen LogP contribution in [0.2, 0.25) is 0 Å². The number of nitriles is 1. The van der Waals surface area contributed by atoms with Gasteiger partial charge in [-0.3, -0.25) is 9.78 Å². The minimum Gasteiger partial charge on any atom is -0.494 e. The molecule has 3 N–H and O–H groups in total. The molecular formula is C26H23N5O2. The molecule has 1 aliphatic heterocycles. The van der Waals surface area contributed by atoms with E-state index < -0.39 is 0 Å². The molecule has 1 aromatic heterocycles. The van der Waals surface area contributed by atoms with E-state index in [1.54, 1.807) is 18.2 Å². The van der Waals surface area contributed by atoms with Gasteiger partial charge in [-0.15, -0.1) is 6.42 Å². The van der Waals surface area contributed by atoms with E-state index in [1.807, 2.05) is 24.3 Å². The lowest BCUT2D eigenvalue weighted by Gasteiger charge is -2.16. The van der Waals surface area contributed by atoms with Gasteiger partial charge in [0.15, 0.2) is 0 Å². The van der Waals surface area contributed by atoms with Crippen molar-refractivity contribution in [2.24, 2.45) is 0 Å². The lowest BCUT2D eigenvalue weighted by atomic mass is 10.0. The fourth-order valence-electron chi connectivity index (χ4n) is 3.78. The highest BCUT2D eigenvalue weighted by molar-refractivity contribution is 6.05. The van der Waals surface area contributed by atoms with E-state index in [4.69, 9.17) is 11.2 Å². The number of benzene rings is 2. The second-order valence-electron chi connectivity index (χ2n) is 7.62. The van der Waals surface area contributed by atoms with Gasteiger partial charge in [0, 0.05) is 35.0 Å². The van der Waals surface area contributed by atoms with Crippen molar-refractivity contribution in [1.29, 1.82) is 5.26 Å². The normalized spacial score (nSPS) is 13.0. The van der Waals surface area contributed by atoms with Crippen molar-refractivity contribution in [2.45, 2.75) is 12.8 Å². The summed E-state index contributed by atoms with van der Waals surface area (Å²) in [6, 6.07) is 13.1. The predicted molar refractivity (Wildman–Crippen MR) is 129 cm³/mol. The zero-order valence-corrected chi connectivity index (χ0v) is 18.2. The molecule has 1 aliphatic rings. The number of methoxy groups -OCH3 is 1. The SMILES string of the molecule is C#Cc1cccc(Nc2c(C#N)cnc3cc(OC)c(NC(=O)C=C4CCNCC4)cc23)c1. The third-order valence-corrected chi connectivity index (χ3v) is 5.45. The maximum Gasteiger partial charge on any atom is 0.248 e. The third-order valence-electron chi connectivity index (χ3n) is 5.45. The number of carbonyl (C=O) groups excluding carboxylic acids is 1. The summed E-state index contributed by atoms with van der Waals surface area (Å²) < 4.78 is 5.50. The van der Waals surface area contributed by atoms with Gasteiger partial charge >= 0.3 is 0 Å². The van der Waals surface area contributed by atoms with Crippen LogP contribution in [0.15, 0.2) is 54.2 Å². The monoisotopic (exact) mass is 437 g/mol. The fraction of sp³-hybridized carbons (Fsp3) is 0.192. The van der Waals surface area contributed by atoms with Gasteiger partial charge in [0.2, 0.25) is 5.91 Å². The molecule has 164 valence electrons. The van der Waals surface area contributed by atoms with Crippen molar-refractivity contribution in [3.63, 3.8) is 0 Å². The molecule has 4 rings (SSSR count). The van der Waals surface area contributed by atoms with Crippen LogP contribution in [0.5, 0.6) is 5.75 Å². The Hall–Kier alpha value is -4.33. The van der Waals surface area contributed by atoms with Crippen LogP contribution in [-0.4, -0.2) is 31.1 Å². The number of carbonyl (C=O) groups is 1. The Labute approximate surface area is 192 Å². The number of rotatable bonds is 5. The Balaban J connectivity index is 1.75. The van der Waals surface area contributed by atoms with Gasteiger partial charge in [0.25, 0.3) is 0 Å². The Kier molecular flexibility index (Phi) is 6.54. The lowest BCUT2D eigenvalue weighted by molar-refractivity contribution is -0.112. The van der Waals surface area contributed by atoms with E-state index in [9.17, 15) is 10.1 Å². The average molecular weight is 438 g/mol. The summed E-state index contributed by atoms with van der Waals surface area (Å²) in [4.78, 5) is 17.1. The number of amides is 1. The number of fused-ring (bicyclic) bond motifs is 1. The maximum absolute atomic E-state index is 12.7. The second kappa shape index (κ2) is 9.86. The lowest BCUT2D eigenvalue weighted by Crippen LogP contribution is -2.24. The zero-order chi connectivity index (χ0) is 23.2. The van der Waals surface area contributed by atoms with Crippen molar-refractivity contribution >= 4 is 33.9 Å². The minimum atomic E-state index is -0.217. The van der Waals surface area contributed by atoms with Crippen molar-refractivity contribution in [3.05, 3.63) is 65.4 Å². The highest BCUT2D eigenvalue weighted by Crippen LogP contribution is 2.36. The van der Waals surface area contributed by atoms with Crippen molar-refractivity contribution in [2.75, 3.05) is 30.8 Å². The smallest absolute Gasteiger partial charge is 0.248 e. The van der Waals surface area contributed by atoms with Crippen molar-refractivity contribution < 1.29 is 9.53 Å². The van der Waals surface area contributed by atoms with E-state index in [1.165, 1.54) is 13.3 Å². The quantitative estimate of drug-likeness (QED) is 0.411. The van der Waals surface area contributed by atoms with Gasteiger partial charge in [-0.05, 0) is 50.2 Å². The second-order valence-corrected chi connectivity index (χ2v) is 7.62. The molecule has 0 spiro atoms. The van der Waals surface area contributed by atoms with Crippen LogP contribution in [0.4, 0.5) is 17.1 Å². The van der Waals surface area contributed by atoms with Gasteiger partial charge in [-0.1, -0.05) is 17.6 Å². The Morgan fingerprint density at radius 3 is 2.82 bits per heavy atom. The fourth-order valence-corrected chi connectivity index (χ4v) is 3.78. The van der Waals surface area contributed by atoms with E-state index in [0.29, 0.717) is 33.6 Å².